The van der Waals surface area contributed by atoms with Crippen LogP contribution >= 0.6 is 47.2 Å². The first-order chi connectivity index (χ1) is 44.4. The zero-order chi connectivity index (χ0) is 66.6. The summed E-state index contributed by atoms with van der Waals surface area (Å²) in [6.45, 7) is 17.8. The molecule has 5 heterocycles. The maximum absolute atomic E-state index is 12.3. The van der Waals surface area contributed by atoms with Gasteiger partial charge < -0.3 is 41.7 Å². The summed E-state index contributed by atoms with van der Waals surface area (Å²) < 4.78 is 52.3. The van der Waals surface area contributed by atoms with Crippen molar-refractivity contribution in [3.05, 3.63) is 203 Å². The molecule has 18 nitrogen and oxygen atoms in total. The molecule has 0 radical (unpaired) electrons. The number of amides is 1. The molecule has 0 aliphatic carbocycles. The molecule has 4 aromatic heterocycles. The molecule has 1 fully saturated rings. The van der Waals surface area contributed by atoms with Crippen molar-refractivity contribution < 1.29 is 41.3 Å². The number of hydrogen-bond donors (Lipinski definition) is 7. The molecule has 0 unspecified atom stereocenters. The Kier molecular flexibility index (Phi) is 33.2. The number of benzene rings is 4. The van der Waals surface area contributed by atoms with E-state index in [1.54, 1.807) is 39.1 Å². The van der Waals surface area contributed by atoms with Gasteiger partial charge in [0.2, 0.25) is 0 Å². The Morgan fingerprint density at radius 1 is 0.533 bits per heavy atom. The average molecular weight is 1340 g/mol. The number of carbonyl (C=O) groups excluding carboxylic acids is 1. The predicted octanol–water partition coefficient (Wildman–Crippen LogP) is 14.7. The van der Waals surface area contributed by atoms with E-state index in [0.29, 0.717) is 50.6 Å². The van der Waals surface area contributed by atoms with Gasteiger partial charge in [0.05, 0.1) is 18.5 Å². The summed E-state index contributed by atoms with van der Waals surface area (Å²) in [5, 5.41) is 20.5. The minimum Gasteiger partial charge on any atom is -0.472 e. The van der Waals surface area contributed by atoms with Crippen LogP contribution in [0.5, 0.6) is 0 Å². The number of nitrogens with zero attached hydrogens (tertiary/aromatic N) is 3. The minimum absolute atomic E-state index is 0.109. The van der Waals surface area contributed by atoms with E-state index >= 15 is 0 Å². The maximum Gasteiger partial charge on any atom is 0.382 e. The number of aliphatic carboxylic acids is 1. The van der Waals surface area contributed by atoms with Crippen molar-refractivity contribution in [3.63, 3.8) is 0 Å². The summed E-state index contributed by atoms with van der Waals surface area (Å²) in [7, 11) is -10.7. The highest BCUT2D eigenvalue weighted by molar-refractivity contribution is 7.80. The van der Waals surface area contributed by atoms with Crippen molar-refractivity contribution in [1.82, 2.24) is 40.8 Å². The summed E-state index contributed by atoms with van der Waals surface area (Å²) in [6.07, 6.45) is 12.9. The zero-order valence-corrected chi connectivity index (χ0v) is 57.6. The van der Waals surface area contributed by atoms with Crippen LogP contribution in [0.4, 0.5) is 0 Å². The third-order valence-corrected chi connectivity index (χ3v) is 23.6. The van der Waals surface area contributed by atoms with Gasteiger partial charge in [0.25, 0.3) is 5.91 Å². The first-order valence-electron chi connectivity index (χ1n) is 30.9. The number of fused-ring (bicyclic) bond motifs is 2. The summed E-state index contributed by atoms with van der Waals surface area (Å²) in [5.41, 5.74) is 16.1. The number of rotatable bonds is 22. The van der Waals surface area contributed by atoms with Crippen molar-refractivity contribution >= 4 is 91.1 Å². The van der Waals surface area contributed by atoms with E-state index in [1.807, 2.05) is 122 Å². The van der Waals surface area contributed by atoms with Crippen LogP contribution < -0.4 is 21.7 Å². The third kappa shape index (κ3) is 26.7. The Morgan fingerprint density at radius 3 is 1.39 bits per heavy atom. The van der Waals surface area contributed by atoms with Crippen LogP contribution in [-0.4, -0.2) is 89.9 Å². The highest BCUT2D eigenvalue weighted by Gasteiger charge is 2.51. The molecular weight excluding hydrogens is 1260 g/mol. The van der Waals surface area contributed by atoms with E-state index in [1.165, 1.54) is 30.8 Å². The summed E-state index contributed by atoms with van der Waals surface area (Å²) in [4.78, 5) is 40.5. The number of carbonyl (C=O) groups is 2. The predicted molar refractivity (Wildman–Crippen MR) is 380 cm³/mol. The minimum atomic E-state index is -3.57. The topological polar surface area (TPSA) is 256 Å². The molecule has 0 atom stereocenters. The number of aryl methyl sites for hydroxylation is 2. The van der Waals surface area contributed by atoms with Crippen molar-refractivity contribution in [3.8, 4) is 23.7 Å². The van der Waals surface area contributed by atoms with E-state index in [0.717, 1.165) is 86.0 Å². The SMILES string of the molecule is CCCP1(=O)OP(=O)(CCC)OP(=O)(CCC)O1.CCN(CC)CC.NCc1ccccc1CNC(=S)NCc1ccnc2[nH]ccc12.O=C(C#Cc1ccccc1)NCc1ccccc1CCC(=S)CCc1ccnc2[nH]ccc12.O=C(O)C#Cc1ccccc1. The van der Waals surface area contributed by atoms with Gasteiger partial charge in [0, 0.05) is 84.7 Å². The van der Waals surface area contributed by atoms with Gasteiger partial charge in [-0.15, -0.1) is 0 Å². The molecule has 1 saturated heterocycles. The number of H-pyrrole nitrogens is 2. The molecule has 1 aliphatic heterocycles. The van der Waals surface area contributed by atoms with Crippen LogP contribution in [0.1, 0.15) is 118 Å². The number of nitrogens with two attached hydrogens (primary N) is 1. The lowest BCUT2D eigenvalue weighted by Crippen LogP contribution is -2.34. The number of carboxylic acids is 1. The summed E-state index contributed by atoms with van der Waals surface area (Å²) in [5.74, 6) is 8.68. The molecular formula is C69H86N9O9P3S2. The molecule has 0 saturated carbocycles. The van der Waals surface area contributed by atoms with Crippen LogP contribution in [-0.2, 0) is 75.2 Å². The highest BCUT2D eigenvalue weighted by atomic mass is 32.1. The van der Waals surface area contributed by atoms with Crippen molar-refractivity contribution in [2.24, 2.45) is 5.73 Å². The Balaban J connectivity index is 0.000000228. The first-order valence-corrected chi connectivity index (χ1v) is 36.9. The van der Waals surface area contributed by atoms with Gasteiger partial charge in [-0.25, -0.2) is 27.7 Å². The molecule has 488 valence electrons. The fraction of sp³-hybridized carbons (Fsp3) is 0.333. The number of aromatic amines is 2. The highest BCUT2D eigenvalue weighted by Crippen LogP contribution is 2.82. The van der Waals surface area contributed by atoms with Gasteiger partial charge in [-0.05, 0) is 164 Å². The second-order valence-electron chi connectivity index (χ2n) is 20.8. The Bertz CT molecular complexity index is 3810. The normalized spacial score (nSPS) is 16.1. The standard InChI is InChI=1S/C28H25N3OS.C17H19N5S.C9H21O6P3.C9H6O2.C6H15N/c32-27(15-10-21-6-2-1-3-7-21)31-20-24-9-5-4-8-22(24)11-13-25(33)14-12-23-16-18-29-28-26(23)17-19-30-28;18-9-12-3-1-2-4-13(12)10-21-17(23)22-11-14-5-7-19-16-15(14)6-8-20-16;1-4-7-16(10)13-17(11,8-5-2)15-18(12,14-16)9-6-3;10-9(11)7-6-8-4-2-1-3-5-8;1-4-7(5-2)6-3/h1-9,16-19H,11-14,20H2,(H,29,30)(H,31,32);1-8H,9-11,18H2,(H,19,20)(H2,21,22,23);4-9H2,1-3H3;1-5H,(H,10,11);4-6H2,1-3H3. The lowest BCUT2D eigenvalue weighted by molar-refractivity contribution is -0.130. The Labute approximate surface area is 553 Å². The molecule has 0 bridgehead atoms. The van der Waals surface area contributed by atoms with Crippen LogP contribution in [0, 0.1) is 23.7 Å². The molecule has 1 amide bonds. The number of hydrogen-bond acceptors (Lipinski definition) is 14. The van der Waals surface area contributed by atoms with Crippen molar-refractivity contribution in [1.29, 1.82) is 0 Å². The molecule has 1 aliphatic rings. The van der Waals surface area contributed by atoms with Crippen LogP contribution in [0.3, 0.4) is 0 Å². The lowest BCUT2D eigenvalue weighted by atomic mass is 9.99. The summed E-state index contributed by atoms with van der Waals surface area (Å²) >= 11 is 11.0. The van der Waals surface area contributed by atoms with Crippen LogP contribution in [0.15, 0.2) is 158 Å². The van der Waals surface area contributed by atoms with E-state index < -0.39 is 28.8 Å². The molecule has 8 aromatic rings. The number of aromatic nitrogens is 4. The summed E-state index contributed by atoms with van der Waals surface area (Å²) in [6, 6.07) is 42.9. The Hall–Kier alpha value is -7.41. The third-order valence-electron chi connectivity index (χ3n) is 14.0. The number of pyridine rings is 2. The van der Waals surface area contributed by atoms with Crippen molar-refractivity contribution in [2.75, 3.05) is 38.1 Å². The molecule has 0 spiro atoms. The number of carboxylic acid groups (broad SMARTS) is 1. The van der Waals surface area contributed by atoms with Crippen LogP contribution in [0.2, 0.25) is 0 Å². The quantitative estimate of drug-likeness (QED) is 0.0189. The fourth-order valence-corrected chi connectivity index (χ4v) is 18.9. The molecule has 4 aromatic carbocycles. The van der Waals surface area contributed by atoms with Crippen LogP contribution in [0.25, 0.3) is 22.1 Å². The Morgan fingerprint density at radius 2 is 0.935 bits per heavy atom. The average Bonchev–Trinajstić information content (AvgIpc) is 2.59. The van der Waals surface area contributed by atoms with E-state index in [-0.39, 0.29) is 24.4 Å². The second-order valence-corrected chi connectivity index (χ2v) is 28.8. The van der Waals surface area contributed by atoms with Gasteiger partial charge in [-0.1, -0.05) is 151 Å². The van der Waals surface area contributed by atoms with Gasteiger partial charge in [0.15, 0.2) is 5.11 Å². The van der Waals surface area contributed by atoms with E-state index in [4.69, 9.17) is 48.2 Å². The maximum atomic E-state index is 12.3. The zero-order valence-electron chi connectivity index (χ0n) is 53.3. The lowest BCUT2D eigenvalue weighted by Gasteiger charge is -2.33. The van der Waals surface area contributed by atoms with Gasteiger partial charge in [-0.3, -0.25) is 18.5 Å². The second kappa shape index (κ2) is 40.5. The van der Waals surface area contributed by atoms with E-state index in [2.05, 4.69) is 104 Å². The van der Waals surface area contributed by atoms with Gasteiger partial charge in [0.1, 0.15) is 11.3 Å². The first kappa shape index (κ1) is 75.3. The molecule has 23 heteroatoms. The molecule has 9 rings (SSSR count). The van der Waals surface area contributed by atoms with Gasteiger partial charge >= 0.3 is 28.8 Å². The van der Waals surface area contributed by atoms with E-state index in [9.17, 15) is 23.3 Å². The van der Waals surface area contributed by atoms with Gasteiger partial charge in [-0.2, -0.15) is 0 Å². The molecule has 92 heavy (non-hydrogen) atoms. The smallest absolute Gasteiger partial charge is 0.382 e. The largest absolute Gasteiger partial charge is 0.472 e. The van der Waals surface area contributed by atoms with Crippen molar-refractivity contribution in [2.45, 2.75) is 113 Å². The molecule has 8 N–H and O–H groups in total. The fourth-order valence-electron chi connectivity index (χ4n) is 9.27. The number of nitrogens with one attached hydrogen (secondary N) is 5. The monoisotopic (exact) mass is 1340 g/mol. The number of thiocarbonyl (C=S) groups is 2.